The molecule has 1 saturated carbocycles. The van der Waals surface area contributed by atoms with Crippen molar-refractivity contribution in [2.24, 2.45) is 21.8 Å². The van der Waals surface area contributed by atoms with Crippen LogP contribution in [0, 0.1) is 11.8 Å². The first-order valence-corrected chi connectivity index (χ1v) is 17.4. The maximum Gasteiger partial charge on any atom is 0.353 e. The summed E-state index contributed by atoms with van der Waals surface area (Å²) in [6.07, 6.45) is 7.71. The molecular formula is C35H57N7O5. The van der Waals surface area contributed by atoms with Crippen molar-refractivity contribution in [3.05, 3.63) is 0 Å². The molecule has 0 radical (unpaired) electrons. The fourth-order valence-electron chi connectivity index (χ4n) is 8.08. The van der Waals surface area contributed by atoms with E-state index in [1.807, 2.05) is 0 Å². The molecule has 2 saturated heterocycles. The number of piperidine rings is 2. The van der Waals surface area contributed by atoms with Crippen LogP contribution in [0.3, 0.4) is 0 Å². The smallest absolute Gasteiger partial charge is 0.353 e. The summed E-state index contributed by atoms with van der Waals surface area (Å²) in [6.45, 7) is 20.9. The topological polar surface area (TPSA) is 149 Å². The molecule has 0 atom stereocenters. The van der Waals surface area contributed by atoms with Crippen molar-refractivity contribution in [1.82, 2.24) is 25.6 Å². The Morgan fingerprint density at radius 3 is 1.40 bits per heavy atom. The number of ether oxygens (including phenoxy) is 3. The maximum atomic E-state index is 13.5. The first-order valence-electron chi connectivity index (χ1n) is 17.4. The zero-order valence-electron chi connectivity index (χ0n) is 30.3. The molecule has 3 fully saturated rings. The molecule has 3 heterocycles. The van der Waals surface area contributed by atoms with Gasteiger partial charge in [-0.15, -0.1) is 0 Å². The predicted octanol–water partition coefficient (Wildman–Crippen LogP) is 5.97. The van der Waals surface area contributed by atoms with Crippen LogP contribution in [0.4, 0.5) is 11.9 Å². The van der Waals surface area contributed by atoms with E-state index < -0.39 is 11.9 Å². The highest BCUT2D eigenvalue weighted by atomic mass is 16.5. The number of carbonyl (C=O) groups is 2. The van der Waals surface area contributed by atoms with Crippen molar-refractivity contribution in [2.45, 2.75) is 155 Å². The Hall–Kier alpha value is -2.99. The number of esters is 2. The molecule has 0 bridgehead atoms. The van der Waals surface area contributed by atoms with Gasteiger partial charge >= 0.3 is 17.9 Å². The van der Waals surface area contributed by atoms with Crippen molar-refractivity contribution in [3.8, 4) is 6.01 Å². The number of aliphatic imine (C=N–C) groups is 2. The third kappa shape index (κ3) is 10.5. The summed E-state index contributed by atoms with van der Waals surface area (Å²) < 4.78 is 17.3. The molecule has 2 aliphatic heterocycles. The number of hydrogen-bond acceptors (Lipinski definition) is 12. The van der Waals surface area contributed by atoms with E-state index in [1.165, 1.54) is 6.42 Å². The van der Waals surface area contributed by atoms with Crippen LogP contribution in [0.25, 0.3) is 0 Å². The molecule has 0 spiro atoms. The second kappa shape index (κ2) is 14.6. The SMILES string of the molecule is CCOC(=O)/C(=N\c1nc(/N=C(\C(=O)OCC)C2CC(C)(C)NC(C)(C)C2)nc(OC2CCCCC2)n1)C1CC(C)(C)NC(C)(C)C1. The van der Waals surface area contributed by atoms with Crippen LogP contribution in [-0.4, -0.2) is 79.8 Å². The number of nitrogens with zero attached hydrogens (tertiary/aromatic N) is 5. The largest absolute Gasteiger partial charge is 0.461 e. The molecule has 1 aromatic heterocycles. The summed E-state index contributed by atoms with van der Waals surface area (Å²) in [5.74, 6) is -1.43. The monoisotopic (exact) mass is 655 g/mol. The van der Waals surface area contributed by atoms with E-state index in [9.17, 15) is 9.59 Å². The minimum atomic E-state index is -0.502. The molecule has 4 rings (SSSR count). The Kier molecular flexibility index (Phi) is 11.5. The lowest BCUT2D eigenvalue weighted by atomic mass is 9.74. The Labute approximate surface area is 280 Å². The summed E-state index contributed by atoms with van der Waals surface area (Å²) in [4.78, 5) is 50.2. The van der Waals surface area contributed by atoms with Gasteiger partial charge in [0, 0.05) is 34.0 Å². The van der Waals surface area contributed by atoms with Crippen molar-refractivity contribution in [2.75, 3.05) is 13.2 Å². The van der Waals surface area contributed by atoms with Crippen molar-refractivity contribution in [3.63, 3.8) is 0 Å². The Bertz CT molecular complexity index is 1230. The van der Waals surface area contributed by atoms with Crippen molar-refractivity contribution >= 4 is 35.3 Å². The van der Waals surface area contributed by atoms with Crippen molar-refractivity contribution in [1.29, 1.82) is 0 Å². The van der Waals surface area contributed by atoms with Crippen LogP contribution in [0.1, 0.15) is 127 Å². The summed E-state index contributed by atoms with van der Waals surface area (Å²) in [6, 6.07) is 0.0766. The summed E-state index contributed by atoms with van der Waals surface area (Å²) >= 11 is 0. The summed E-state index contributed by atoms with van der Waals surface area (Å²) in [7, 11) is 0. The van der Waals surface area contributed by atoms with Gasteiger partial charge in [-0.05, 0) is 121 Å². The lowest BCUT2D eigenvalue weighted by Crippen LogP contribution is -2.59. The van der Waals surface area contributed by atoms with E-state index >= 15 is 0 Å². The van der Waals surface area contributed by atoms with Gasteiger partial charge < -0.3 is 24.8 Å². The molecule has 3 aliphatic rings. The van der Waals surface area contributed by atoms with E-state index in [4.69, 9.17) is 24.2 Å². The quantitative estimate of drug-likeness (QED) is 0.228. The molecular weight excluding hydrogens is 598 g/mol. The molecule has 12 nitrogen and oxygen atoms in total. The van der Waals surface area contributed by atoms with Crippen LogP contribution >= 0.6 is 0 Å². The van der Waals surface area contributed by atoms with Crippen molar-refractivity contribution < 1.29 is 23.8 Å². The first-order chi connectivity index (χ1) is 21.9. The third-order valence-electron chi connectivity index (χ3n) is 8.98. The van der Waals surface area contributed by atoms with Gasteiger partial charge in [-0.3, -0.25) is 0 Å². The molecule has 2 N–H and O–H groups in total. The second-order valence-electron chi connectivity index (χ2n) is 16.0. The highest BCUT2D eigenvalue weighted by Crippen LogP contribution is 2.36. The minimum absolute atomic E-state index is 0.00376. The molecule has 0 amide bonds. The van der Waals surface area contributed by atoms with Gasteiger partial charge in [0.15, 0.2) is 0 Å². The van der Waals surface area contributed by atoms with Gasteiger partial charge in [-0.2, -0.15) is 15.0 Å². The normalized spacial score (nSPS) is 23.6. The lowest BCUT2D eigenvalue weighted by molar-refractivity contribution is -0.136. The van der Waals surface area contributed by atoms with E-state index in [-0.39, 0.29) is 82.6 Å². The number of nitrogens with one attached hydrogen (secondary N) is 2. The van der Waals surface area contributed by atoms with Gasteiger partial charge in [0.05, 0.1) is 13.2 Å². The standard InChI is InChI=1S/C35H57N7O5/c1-11-45-27(43)25(22-18-32(3,4)41-33(5,6)19-22)36-29-38-30(40-31(39-29)47-24-16-14-13-15-17-24)37-26(28(44)46-12-2)23-20-34(7,8)42-35(9,10)21-23/h22-24,41-42H,11-21H2,1-10H3/b36-25-,37-26-. The van der Waals surface area contributed by atoms with Gasteiger partial charge in [0.2, 0.25) is 0 Å². The van der Waals surface area contributed by atoms with Crippen LogP contribution in [0.5, 0.6) is 6.01 Å². The van der Waals surface area contributed by atoms with Crippen LogP contribution in [0.15, 0.2) is 9.98 Å². The van der Waals surface area contributed by atoms with Crippen LogP contribution in [-0.2, 0) is 19.1 Å². The molecule has 12 heteroatoms. The first kappa shape index (κ1) is 36.8. The zero-order chi connectivity index (χ0) is 34.6. The molecule has 262 valence electrons. The van der Waals surface area contributed by atoms with Gasteiger partial charge in [-0.25, -0.2) is 19.6 Å². The highest BCUT2D eigenvalue weighted by molar-refractivity contribution is 6.38. The predicted molar refractivity (Wildman–Crippen MR) is 183 cm³/mol. The van der Waals surface area contributed by atoms with E-state index in [0.29, 0.717) is 25.7 Å². The Morgan fingerprint density at radius 2 is 1.04 bits per heavy atom. The summed E-state index contributed by atoms with van der Waals surface area (Å²) in [5, 5.41) is 7.33. The number of carbonyl (C=O) groups excluding carboxylic acids is 2. The fourth-order valence-corrected chi connectivity index (χ4v) is 8.08. The second-order valence-corrected chi connectivity index (χ2v) is 16.0. The van der Waals surface area contributed by atoms with E-state index in [2.05, 4.69) is 81.0 Å². The van der Waals surface area contributed by atoms with E-state index in [0.717, 1.165) is 25.7 Å². The van der Waals surface area contributed by atoms with Gasteiger partial charge in [0.1, 0.15) is 17.5 Å². The average molecular weight is 656 g/mol. The summed E-state index contributed by atoms with van der Waals surface area (Å²) in [5.41, 5.74) is -0.454. The zero-order valence-corrected chi connectivity index (χ0v) is 30.3. The van der Waals surface area contributed by atoms with Gasteiger partial charge in [-0.1, -0.05) is 6.42 Å². The van der Waals surface area contributed by atoms with Crippen LogP contribution < -0.4 is 15.4 Å². The van der Waals surface area contributed by atoms with E-state index in [1.54, 1.807) is 13.8 Å². The molecule has 0 unspecified atom stereocenters. The van der Waals surface area contributed by atoms with Crippen LogP contribution in [0.2, 0.25) is 0 Å². The fraction of sp³-hybridized carbons (Fsp3) is 0.800. The maximum absolute atomic E-state index is 13.5. The Balaban J connectivity index is 1.84. The number of hydrogen-bond donors (Lipinski definition) is 2. The lowest BCUT2D eigenvalue weighted by Gasteiger charge is -2.46. The minimum Gasteiger partial charge on any atom is -0.461 e. The molecule has 47 heavy (non-hydrogen) atoms. The molecule has 1 aromatic rings. The molecule has 0 aromatic carbocycles. The highest BCUT2D eigenvalue weighted by Gasteiger charge is 2.43. The number of rotatable bonds is 10. The third-order valence-corrected chi connectivity index (χ3v) is 8.98. The number of aromatic nitrogens is 3. The molecule has 1 aliphatic carbocycles. The average Bonchev–Trinajstić information content (AvgIpc) is 2.92. The van der Waals surface area contributed by atoms with Gasteiger partial charge in [0.25, 0.3) is 11.9 Å². The Morgan fingerprint density at radius 1 is 0.660 bits per heavy atom.